The molecule has 0 aliphatic carbocycles. The van der Waals surface area contributed by atoms with Crippen LogP contribution in [0.5, 0.6) is 0 Å². The summed E-state index contributed by atoms with van der Waals surface area (Å²) in [5.74, 6) is 0.892. The van der Waals surface area contributed by atoms with Crippen LogP contribution in [0.2, 0.25) is 0 Å². The van der Waals surface area contributed by atoms with Crippen LogP contribution < -0.4 is 0 Å². The van der Waals surface area contributed by atoms with E-state index in [2.05, 4.69) is 14.9 Å². The monoisotopic (exact) mass is 334 g/mol. The molecule has 7 nitrogen and oxygen atoms in total. The van der Waals surface area contributed by atoms with E-state index in [-0.39, 0.29) is 11.5 Å². The molecule has 132 valence electrons. The fraction of sp³-hybridized carbons (Fsp3) is 0.706. The number of fused-ring (bicyclic) bond motifs is 1. The molecule has 0 N–H and O–H groups in total. The van der Waals surface area contributed by atoms with Gasteiger partial charge in [0.1, 0.15) is 6.61 Å². The molecule has 3 heterocycles. The van der Waals surface area contributed by atoms with Crippen LogP contribution in [0, 0.1) is 0 Å². The van der Waals surface area contributed by atoms with E-state index >= 15 is 0 Å². The largest absolute Gasteiger partial charge is 0.377 e. The van der Waals surface area contributed by atoms with Crippen molar-refractivity contribution >= 4 is 5.91 Å². The van der Waals surface area contributed by atoms with E-state index in [0.717, 1.165) is 36.6 Å². The fourth-order valence-electron chi connectivity index (χ4n) is 3.27. The zero-order chi connectivity index (χ0) is 17.2. The Hall–Kier alpha value is -1.57. The van der Waals surface area contributed by atoms with Gasteiger partial charge in [-0.2, -0.15) is 0 Å². The predicted molar refractivity (Wildman–Crippen MR) is 88.3 cm³/mol. The number of morpholine rings is 1. The summed E-state index contributed by atoms with van der Waals surface area (Å²) in [6.45, 7) is 8.43. The second-order valence-corrected chi connectivity index (χ2v) is 7.08. The van der Waals surface area contributed by atoms with Crippen molar-refractivity contribution in [2.24, 2.45) is 0 Å². The summed E-state index contributed by atoms with van der Waals surface area (Å²) in [4.78, 5) is 25.6. The first-order valence-corrected chi connectivity index (χ1v) is 8.43. The summed E-state index contributed by atoms with van der Waals surface area (Å²) < 4.78 is 10.8. The smallest absolute Gasteiger partial charge is 0.236 e. The molecule has 2 aliphatic heterocycles. The van der Waals surface area contributed by atoms with Crippen molar-refractivity contribution in [2.45, 2.75) is 39.0 Å². The third-order valence-corrected chi connectivity index (χ3v) is 4.47. The molecule has 0 radical (unpaired) electrons. The molecule has 0 atom stereocenters. The van der Waals surface area contributed by atoms with Crippen molar-refractivity contribution in [3.63, 3.8) is 0 Å². The number of amides is 1. The van der Waals surface area contributed by atoms with Gasteiger partial charge < -0.3 is 14.4 Å². The van der Waals surface area contributed by atoms with Crippen LogP contribution in [-0.2, 0) is 33.8 Å². The number of hydrogen-bond acceptors (Lipinski definition) is 6. The highest BCUT2D eigenvalue weighted by atomic mass is 16.5. The molecule has 7 heteroatoms. The molecule has 0 bridgehead atoms. The Morgan fingerprint density at radius 3 is 3.00 bits per heavy atom. The lowest BCUT2D eigenvalue weighted by atomic mass is 10.1. The van der Waals surface area contributed by atoms with Gasteiger partial charge in [0, 0.05) is 57.2 Å². The molecule has 3 rings (SSSR count). The van der Waals surface area contributed by atoms with Crippen molar-refractivity contribution in [1.29, 1.82) is 0 Å². The first-order chi connectivity index (χ1) is 11.5. The Morgan fingerprint density at radius 1 is 1.42 bits per heavy atom. The van der Waals surface area contributed by atoms with E-state index < -0.39 is 0 Å². The number of rotatable bonds is 4. The number of carbonyl (C=O) groups excluding carboxylic acids is 1. The number of carbonyl (C=O) groups is 1. The lowest BCUT2D eigenvalue weighted by Crippen LogP contribution is -2.53. The maximum atomic E-state index is 12.6. The minimum absolute atomic E-state index is 0.173. The third-order valence-electron chi connectivity index (χ3n) is 4.47. The quantitative estimate of drug-likeness (QED) is 0.804. The number of hydrogen-bond donors (Lipinski definition) is 0. The maximum absolute atomic E-state index is 12.6. The highest BCUT2D eigenvalue weighted by molar-refractivity contribution is 5.78. The first-order valence-electron chi connectivity index (χ1n) is 8.43. The first kappa shape index (κ1) is 17.3. The van der Waals surface area contributed by atoms with Crippen LogP contribution in [0.3, 0.4) is 0 Å². The highest BCUT2D eigenvalue weighted by Gasteiger charge is 2.31. The minimum atomic E-state index is -0.256. The molecular weight excluding hydrogens is 308 g/mol. The van der Waals surface area contributed by atoms with Crippen LogP contribution in [-0.4, -0.2) is 71.2 Å². The minimum Gasteiger partial charge on any atom is -0.377 e. The molecule has 0 aromatic carbocycles. The topological polar surface area (TPSA) is 67.8 Å². The van der Waals surface area contributed by atoms with Gasteiger partial charge in [-0.1, -0.05) is 0 Å². The summed E-state index contributed by atoms with van der Waals surface area (Å²) in [5, 5.41) is 0. The summed E-state index contributed by atoms with van der Waals surface area (Å²) in [5.41, 5.74) is 1.93. The number of methoxy groups -OCH3 is 1. The van der Waals surface area contributed by atoms with Crippen LogP contribution >= 0.6 is 0 Å². The van der Waals surface area contributed by atoms with Gasteiger partial charge in [-0.3, -0.25) is 9.69 Å². The van der Waals surface area contributed by atoms with E-state index in [1.807, 2.05) is 24.9 Å². The van der Waals surface area contributed by atoms with Crippen molar-refractivity contribution in [1.82, 2.24) is 19.8 Å². The summed E-state index contributed by atoms with van der Waals surface area (Å²) >= 11 is 0. The normalized spacial score (nSPS) is 20.7. The Bertz CT molecular complexity index is 605. The second kappa shape index (κ2) is 7.13. The van der Waals surface area contributed by atoms with Crippen molar-refractivity contribution in [3.8, 4) is 0 Å². The van der Waals surface area contributed by atoms with Gasteiger partial charge in [-0.05, 0) is 13.8 Å². The molecule has 0 spiro atoms. The van der Waals surface area contributed by atoms with Crippen molar-refractivity contribution in [2.75, 3.05) is 39.9 Å². The lowest BCUT2D eigenvalue weighted by Gasteiger charge is -2.39. The molecule has 24 heavy (non-hydrogen) atoms. The molecular formula is C17H26N4O3. The van der Waals surface area contributed by atoms with Gasteiger partial charge in [-0.15, -0.1) is 0 Å². The van der Waals surface area contributed by atoms with E-state index in [9.17, 15) is 4.79 Å². The maximum Gasteiger partial charge on any atom is 0.236 e. The van der Waals surface area contributed by atoms with Gasteiger partial charge >= 0.3 is 0 Å². The van der Waals surface area contributed by atoms with E-state index in [4.69, 9.17) is 9.47 Å². The van der Waals surface area contributed by atoms with Crippen molar-refractivity contribution < 1.29 is 14.3 Å². The van der Waals surface area contributed by atoms with E-state index in [1.165, 1.54) is 0 Å². The predicted octanol–water partition coefficient (Wildman–Crippen LogP) is 0.619. The Balaban J connectivity index is 1.58. The molecule has 1 aromatic rings. The summed E-state index contributed by atoms with van der Waals surface area (Å²) in [6, 6.07) is 0. The standard InChI is InChI=1S/C17H26N4O3/c1-17(2)12-21(6-7-24-17)16(22)10-20-5-4-14-13(9-20)8-18-15(19-14)11-23-3/h8H,4-7,9-12H2,1-3H3. The van der Waals surface area contributed by atoms with Crippen LogP contribution in [0.1, 0.15) is 30.9 Å². The molecule has 0 saturated carbocycles. The fourth-order valence-corrected chi connectivity index (χ4v) is 3.27. The third kappa shape index (κ3) is 4.09. The van der Waals surface area contributed by atoms with Crippen molar-refractivity contribution in [3.05, 3.63) is 23.3 Å². The molecule has 2 aliphatic rings. The summed E-state index contributed by atoms with van der Waals surface area (Å²) in [7, 11) is 1.64. The molecule has 1 saturated heterocycles. The second-order valence-electron chi connectivity index (χ2n) is 7.08. The van der Waals surface area contributed by atoms with Gasteiger partial charge in [-0.25, -0.2) is 9.97 Å². The van der Waals surface area contributed by atoms with Gasteiger partial charge in [0.2, 0.25) is 5.91 Å². The lowest BCUT2D eigenvalue weighted by molar-refractivity contribution is -0.147. The number of aromatic nitrogens is 2. The van der Waals surface area contributed by atoms with Crippen LogP contribution in [0.25, 0.3) is 0 Å². The van der Waals surface area contributed by atoms with E-state index in [1.54, 1.807) is 7.11 Å². The highest BCUT2D eigenvalue weighted by Crippen LogP contribution is 2.19. The Morgan fingerprint density at radius 2 is 2.25 bits per heavy atom. The average molecular weight is 334 g/mol. The Labute approximate surface area is 143 Å². The molecule has 1 aromatic heterocycles. The molecule has 0 unspecified atom stereocenters. The Kier molecular flexibility index (Phi) is 5.12. The number of ether oxygens (including phenoxy) is 2. The van der Waals surface area contributed by atoms with Gasteiger partial charge in [0.25, 0.3) is 0 Å². The zero-order valence-electron chi connectivity index (χ0n) is 14.7. The SMILES string of the molecule is COCc1ncc2c(n1)CCN(CC(=O)N1CCOC(C)(C)C1)C2. The number of nitrogens with zero attached hydrogens (tertiary/aromatic N) is 4. The van der Waals surface area contributed by atoms with Gasteiger partial charge in [0.15, 0.2) is 5.82 Å². The average Bonchev–Trinajstić information content (AvgIpc) is 2.54. The van der Waals surface area contributed by atoms with Gasteiger partial charge in [0.05, 0.1) is 18.8 Å². The zero-order valence-corrected chi connectivity index (χ0v) is 14.7. The summed E-state index contributed by atoms with van der Waals surface area (Å²) in [6.07, 6.45) is 2.71. The molecule has 1 amide bonds. The van der Waals surface area contributed by atoms with Crippen LogP contribution in [0.4, 0.5) is 0 Å². The van der Waals surface area contributed by atoms with Crippen LogP contribution in [0.15, 0.2) is 6.20 Å². The molecule has 1 fully saturated rings. The van der Waals surface area contributed by atoms with E-state index in [0.29, 0.717) is 32.8 Å².